The number of hydrogen-bond acceptors (Lipinski definition) is 6. The molecule has 0 N–H and O–H groups in total. The molecule has 0 aliphatic carbocycles. The zero-order chi connectivity index (χ0) is 17.8. The molecule has 0 bridgehead atoms. The number of hydrogen-bond donors (Lipinski definition) is 0. The number of carbonyl (C=O) groups is 2. The first-order chi connectivity index (χ1) is 12.1. The minimum Gasteiger partial charge on any atom is -0.451 e. The zero-order valence-electron chi connectivity index (χ0n) is 13.7. The fraction of sp³-hybridized carbons (Fsp3) is 0.105. The maximum absolute atomic E-state index is 11.0. The largest absolute Gasteiger partial charge is 0.451 e. The molecule has 0 aliphatic rings. The molecule has 0 aliphatic heterocycles. The van der Waals surface area contributed by atoms with E-state index in [1.807, 2.05) is 31.2 Å². The number of aliphatic imine (C=N–C) groups is 1. The third-order valence-electron chi connectivity index (χ3n) is 3.45. The number of furan rings is 1. The van der Waals surface area contributed by atoms with Crippen molar-refractivity contribution in [2.75, 3.05) is 0 Å². The minimum absolute atomic E-state index is 0.0505. The van der Waals surface area contributed by atoms with Crippen LogP contribution >= 0.6 is 0 Å². The van der Waals surface area contributed by atoms with E-state index in [2.05, 4.69) is 4.99 Å². The molecule has 0 saturated heterocycles. The summed E-state index contributed by atoms with van der Waals surface area (Å²) in [5.74, 6) is 0.416. The van der Waals surface area contributed by atoms with Crippen molar-refractivity contribution in [2.24, 2.45) is 4.99 Å². The van der Waals surface area contributed by atoms with Crippen molar-refractivity contribution < 1.29 is 23.5 Å². The molecular formula is C19H15NO5. The monoisotopic (exact) mass is 337 g/mol. The number of rotatable bonds is 4. The molecule has 0 saturated carbocycles. The van der Waals surface area contributed by atoms with E-state index in [4.69, 9.17) is 13.9 Å². The van der Waals surface area contributed by atoms with Crippen molar-refractivity contribution >= 4 is 35.0 Å². The highest BCUT2D eigenvalue weighted by molar-refractivity contribution is 6.00. The fourth-order valence-corrected chi connectivity index (χ4v) is 2.36. The Balaban J connectivity index is 1.99. The second-order valence-corrected chi connectivity index (χ2v) is 5.32. The Hall–Kier alpha value is -3.41. The SMILES string of the molecule is CC(=O)Oc1ccc(N=C(OC=O)c2cc3ccccc3o2)c(C)c1. The van der Waals surface area contributed by atoms with Crippen LogP contribution in [0.3, 0.4) is 0 Å². The Labute approximate surface area is 143 Å². The lowest BCUT2D eigenvalue weighted by molar-refractivity contribution is -0.131. The van der Waals surface area contributed by atoms with E-state index in [1.54, 1.807) is 24.3 Å². The molecule has 126 valence electrons. The lowest BCUT2D eigenvalue weighted by atomic mass is 10.2. The summed E-state index contributed by atoms with van der Waals surface area (Å²) < 4.78 is 15.7. The maximum Gasteiger partial charge on any atom is 0.308 e. The molecule has 0 atom stereocenters. The Morgan fingerprint density at radius 3 is 2.64 bits per heavy atom. The van der Waals surface area contributed by atoms with Gasteiger partial charge < -0.3 is 13.9 Å². The van der Waals surface area contributed by atoms with Crippen molar-refractivity contribution in [3.05, 3.63) is 59.9 Å². The van der Waals surface area contributed by atoms with Crippen LogP contribution in [0, 0.1) is 6.92 Å². The number of nitrogens with zero attached hydrogens (tertiary/aromatic N) is 1. The average molecular weight is 337 g/mol. The molecule has 0 spiro atoms. The van der Waals surface area contributed by atoms with E-state index in [0.717, 1.165) is 10.9 Å². The smallest absolute Gasteiger partial charge is 0.308 e. The number of carbonyl (C=O) groups excluding carboxylic acids is 2. The lowest BCUT2D eigenvalue weighted by Gasteiger charge is -2.06. The topological polar surface area (TPSA) is 78.1 Å². The molecule has 1 aromatic heterocycles. The summed E-state index contributed by atoms with van der Waals surface area (Å²) in [6.07, 6.45) is 0. The van der Waals surface area contributed by atoms with Crippen LogP contribution in [0.4, 0.5) is 5.69 Å². The van der Waals surface area contributed by atoms with E-state index in [-0.39, 0.29) is 5.90 Å². The van der Waals surface area contributed by atoms with Crippen LogP contribution in [0.5, 0.6) is 5.75 Å². The molecule has 3 aromatic rings. The second-order valence-electron chi connectivity index (χ2n) is 5.32. The van der Waals surface area contributed by atoms with Gasteiger partial charge in [-0.3, -0.25) is 9.59 Å². The first-order valence-corrected chi connectivity index (χ1v) is 7.54. The van der Waals surface area contributed by atoms with Gasteiger partial charge in [0.05, 0.1) is 5.69 Å². The number of benzene rings is 2. The third kappa shape index (κ3) is 3.74. The summed E-state index contributed by atoms with van der Waals surface area (Å²) in [5, 5.41) is 0.877. The first kappa shape index (κ1) is 16.4. The van der Waals surface area contributed by atoms with Gasteiger partial charge >= 0.3 is 5.97 Å². The number of aryl methyl sites for hydroxylation is 1. The predicted octanol–water partition coefficient (Wildman–Crippen LogP) is 3.92. The molecule has 2 aromatic carbocycles. The van der Waals surface area contributed by atoms with Gasteiger partial charge in [0.25, 0.3) is 12.4 Å². The van der Waals surface area contributed by atoms with Crippen LogP contribution in [0.1, 0.15) is 18.2 Å². The molecule has 0 radical (unpaired) electrons. The van der Waals surface area contributed by atoms with Crippen LogP contribution in [-0.4, -0.2) is 18.3 Å². The summed E-state index contributed by atoms with van der Waals surface area (Å²) >= 11 is 0. The Morgan fingerprint density at radius 2 is 1.96 bits per heavy atom. The summed E-state index contributed by atoms with van der Waals surface area (Å²) in [4.78, 5) is 26.2. The van der Waals surface area contributed by atoms with E-state index >= 15 is 0 Å². The normalized spacial score (nSPS) is 11.4. The first-order valence-electron chi connectivity index (χ1n) is 7.54. The average Bonchev–Trinajstić information content (AvgIpc) is 3.00. The van der Waals surface area contributed by atoms with E-state index in [1.165, 1.54) is 6.92 Å². The summed E-state index contributed by atoms with van der Waals surface area (Å²) in [6.45, 7) is 3.44. The summed E-state index contributed by atoms with van der Waals surface area (Å²) in [6, 6.07) is 14.2. The molecule has 6 nitrogen and oxygen atoms in total. The van der Waals surface area contributed by atoms with Crippen molar-refractivity contribution in [3.8, 4) is 5.75 Å². The van der Waals surface area contributed by atoms with Gasteiger partial charge in [0.1, 0.15) is 11.3 Å². The second kappa shape index (κ2) is 7.00. The van der Waals surface area contributed by atoms with Gasteiger partial charge in [0.15, 0.2) is 5.76 Å². The molecular weight excluding hydrogens is 322 g/mol. The van der Waals surface area contributed by atoms with Crippen molar-refractivity contribution in [2.45, 2.75) is 13.8 Å². The zero-order valence-corrected chi connectivity index (χ0v) is 13.7. The molecule has 6 heteroatoms. The van der Waals surface area contributed by atoms with Gasteiger partial charge in [-0.05, 0) is 42.8 Å². The van der Waals surface area contributed by atoms with Crippen molar-refractivity contribution in [1.82, 2.24) is 0 Å². The quantitative estimate of drug-likeness (QED) is 0.237. The number of fused-ring (bicyclic) bond motifs is 1. The predicted molar refractivity (Wildman–Crippen MR) is 92.0 cm³/mol. The molecule has 25 heavy (non-hydrogen) atoms. The van der Waals surface area contributed by atoms with Gasteiger partial charge in [0, 0.05) is 12.3 Å². The van der Waals surface area contributed by atoms with E-state index < -0.39 is 5.97 Å². The highest BCUT2D eigenvalue weighted by atomic mass is 16.5. The Morgan fingerprint density at radius 1 is 1.16 bits per heavy atom. The van der Waals surface area contributed by atoms with E-state index in [0.29, 0.717) is 29.3 Å². The van der Waals surface area contributed by atoms with E-state index in [9.17, 15) is 9.59 Å². The third-order valence-corrected chi connectivity index (χ3v) is 3.45. The maximum atomic E-state index is 11.0. The number of ether oxygens (including phenoxy) is 2. The highest BCUT2D eigenvalue weighted by Crippen LogP contribution is 2.26. The van der Waals surface area contributed by atoms with Crippen LogP contribution in [0.15, 0.2) is 57.9 Å². The van der Waals surface area contributed by atoms with Crippen LogP contribution in [0.25, 0.3) is 11.0 Å². The summed E-state index contributed by atoms with van der Waals surface area (Å²) in [7, 11) is 0. The molecule has 0 amide bonds. The molecule has 0 unspecified atom stereocenters. The molecule has 3 rings (SSSR count). The molecule has 0 fully saturated rings. The van der Waals surface area contributed by atoms with Crippen LogP contribution < -0.4 is 4.74 Å². The van der Waals surface area contributed by atoms with Crippen LogP contribution in [0.2, 0.25) is 0 Å². The standard InChI is InChI=1S/C19H15NO5/c1-12-9-15(24-13(2)22)7-8-16(12)20-19(23-11-21)18-10-14-5-3-4-6-17(14)25-18/h3-11H,1-2H3. The van der Waals surface area contributed by atoms with Gasteiger partial charge in [-0.2, -0.15) is 0 Å². The van der Waals surface area contributed by atoms with Gasteiger partial charge in [-0.25, -0.2) is 4.99 Å². The lowest BCUT2D eigenvalue weighted by Crippen LogP contribution is -2.04. The van der Waals surface area contributed by atoms with Crippen molar-refractivity contribution in [3.63, 3.8) is 0 Å². The molecule has 1 heterocycles. The number of para-hydroxylation sites is 1. The highest BCUT2D eigenvalue weighted by Gasteiger charge is 2.13. The fourth-order valence-electron chi connectivity index (χ4n) is 2.36. The number of esters is 1. The van der Waals surface area contributed by atoms with Gasteiger partial charge in [-0.1, -0.05) is 18.2 Å². The Bertz CT molecular complexity index is 938. The van der Waals surface area contributed by atoms with Gasteiger partial charge in [0.2, 0.25) is 0 Å². The summed E-state index contributed by atoms with van der Waals surface area (Å²) in [5.41, 5.74) is 1.98. The minimum atomic E-state index is -0.400. The van der Waals surface area contributed by atoms with Crippen LogP contribution in [-0.2, 0) is 14.3 Å². The van der Waals surface area contributed by atoms with Gasteiger partial charge in [-0.15, -0.1) is 0 Å². The van der Waals surface area contributed by atoms with Crippen molar-refractivity contribution in [1.29, 1.82) is 0 Å². The Kier molecular flexibility index (Phi) is 4.61.